The highest BCUT2D eigenvalue weighted by molar-refractivity contribution is 7.80. The van der Waals surface area contributed by atoms with Gasteiger partial charge in [0, 0.05) is 6.54 Å². The van der Waals surface area contributed by atoms with Crippen LogP contribution in [0.1, 0.15) is 25.1 Å². The Hall–Kier alpha value is -1.41. The lowest BCUT2D eigenvalue weighted by Gasteiger charge is -2.38. The maximum Gasteiger partial charge on any atom is 0.433 e. The number of rotatable bonds is 2. The monoisotopic (exact) mass is 319 g/mol. The Kier molecular flexibility index (Phi) is 4.38. The van der Waals surface area contributed by atoms with E-state index in [0.717, 1.165) is 6.07 Å². The standard InChI is InChI=1S/C13H16F3N3OS/c1-7-6-20-8(2)5-19(7)12-9(11(17)21)3-4-10(18-12)13(14,15)16/h3-4,7-8H,5-6H2,1-2H3,(H2,17,21). The number of pyridine rings is 1. The van der Waals surface area contributed by atoms with Gasteiger partial charge in [-0.25, -0.2) is 4.98 Å². The number of halogens is 3. The van der Waals surface area contributed by atoms with Crippen LogP contribution in [0.3, 0.4) is 0 Å². The van der Waals surface area contributed by atoms with Crippen LogP contribution >= 0.6 is 12.2 Å². The molecule has 0 bridgehead atoms. The molecule has 2 rings (SSSR count). The highest BCUT2D eigenvalue weighted by Gasteiger charge is 2.35. The lowest BCUT2D eigenvalue weighted by atomic mass is 10.1. The fourth-order valence-electron chi connectivity index (χ4n) is 2.22. The van der Waals surface area contributed by atoms with Gasteiger partial charge in [0.2, 0.25) is 0 Å². The third kappa shape index (κ3) is 3.44. The first-order valence-electron chi connectivity index (χ1n) is 6.46. The zero-order chi connectivity index (χ0) is 15.8. The van der Waals surface area contributed by atoms with Gasteiger partial charge in [0.15, 0.2) is 0 Å². The van der Waals surface area contributed by atoms with Gasteiger partial charge in [-0.2, -0.15) is 13.2 Å². The van der Waals surface area contributed by atoms with E-state index >= 15 is 0 Å². The van der Waals surface area contributed by atoms with Gasteiger partial charge in [0.1, 0.15) is 16.5 Å². The summed E-state index contributed by atoms with van der Waals surface area (Å²) in [5, 5.41) is 0. The van der Waals surface area contributed by atoms with Gasteiger partial charge in [-0.15, -0.1) is 0 Å². The molecule has 0 saturated carbocycles. The summed E-state index contributed by atoms with van der Waals surface area (Å²) in [6, 6.07) is 2.07. The third-order valence-corrected chi connectivity index (χ3v) is 3.53. The van der Waals surface area contributed by atoms with Gasteiger partial charge in [0.25, 0.3) is 0 Å². The molecule has 0 aromatic carbocycles. The molecule has 0 aliphatic carbocycles. The number of nitrogens with zero attached hydrogens (tertiary/aromatic N) is 2. The second kappa shape index (κ2) is 5.76. The van der Waals surface area contributed by atoms with Crippen molar-refractivity contribution in [3.63, 3.8) is 0 Å². The minimum Gasteiger partial charge on any atom is -0.389 e. The Morgan fingerprint density at radius 1 is 1.43 bits per heavy atom. The molecule has 8 heteroatoms. The van der Waals surface area contributed by atoms with Crippen LogP contribution in [0.15, 0.2) is 12.1 Å². The quantitative estimate of drug-likeness (QED) is 0.848. The number of alkyl halides is 3. The second-order valence-corrected chi connectivity index (χ2v) is 5.51. The maximum absolute atomic E-state index is 12.9. The van der Waals surface area contributed by atoms with Gasteiger partial charge < -0.3 is 15.4 Å². The van der Waals surface area contributed by atoms with Crippen molar-refractivity contribution in [1.29, 1.82) is 0 Å². The first-order chi connectivity index (χ1) is 9.70. The average molecular weight is 319 g/mol. The topological polar surface area (TPSA) is 51.4 Å². The minimum absolute atomic E-state index is 0.0255. The Bertz CT molecular complexity index is 550. The number of ether oxygens (including phenoxy) is 1. The summed E-state index contributed by atoms with van der Waals surface area (Å²) in [5.74, 6) is 0.167. The molecule has 0 amide bonds. The number of thiocarbonyl (C=S) groups is 1. The number of nitrogens with two attached hydrogens (primary N) is 1. The van der Waals surface area contributed by atoms with E-state index in [-0.39, 0.29) is 23.0 Å². The fourth-order valence-corrected chi connectivity index (χ4v) is 2.38. The van der Waals surface area contributed by atoms with Crippen molar-refractivity contribution in [3.05, 3.63) is 23.4 Å². The molecule has 1 aromatic heterocycles. The molecule has 2 unspecified atom stereocenters. The summed E-state index contributed by atoms with van der Waals surface area (Å²) in [6.07, 6.45) is -4.61. The van der Waals surface area contributed by atoms with Crippen molar-refractivity contribution in [1.82, 2.24) is 4.98 Å². The van der Waals surface area contributed by atoms with Crippen LogP contribution in [-0.2, 0) is 10.9 Å². The van der Waals surface area contributed by atoms with Crippen molar-refractivity contribution >= 4 is 23.0 Å². The molecule has 1 saturated heterocycles. The number of aromatic nitrogens is 1. The van der Waals surface area contributed by atoms with Crippen LogP contribution in [0.2, 0.25) is 0 Å². The molecule has 1 aliphatic heterocycles. The van der Waals surface area contributed by atoms with E-state index in [2.05, 4.69) is 4.98 Å². The van der Waals surface area contributed by atoms with Crippen LogP contribution in [-0.4, -0.2) is 35.3 Å². The van der Waals surface area contributed by atoms with Crippen molar-refractivity contribution < 1.29 is 17.9 Å². The zero-order valence-corrected chi connectivity index (χ0v) is 12.5. The highest BCUT2D eigenvalue weighted by atomic mass is 32.1. The van der Waals surface area contributed by atoms with Crippen LogP contribution in [0.25, 0.3) is 0 Å². The number of hydrogen-bond donors (Lipinski definition) is 1. The molecule has 2 N–H and O–H groups in total. The number of anilines is 1. The first-order valence-corrected chi connectivity index (χ1v) is 6.87. The lowest BCUT2D eigenvalue weighted by molar-refractivity contribution is -0.141. The molecule has 0 spiro atoms. The molecular formula is C13H16F3N3OS. The normalized spacial score (nSPS) is 23.2. The Balaban J connectivity index is 2.50. The molecule has 1 aromatic rings. The highest BCUT2D eigenvalue weighted by Crippen LogP contribution is 2.32. The van der Waals surface area contributed by atoms with Crippen molar-refractivity contribution in [2.75, 3.05) is 18.1 Å². The average Bonchev–Trinajstić information content (AvgIpc) is 2.39. The van der Waals surface area contributed by atoms with E-state index in [1.54, 1.807) is 4.90 Å². The SMILES string of the molecule is CC1CN(c2nc(C(F)(F)F)ccc2C(N)=S)C(C)CO1. The Labute approximate surface area is 126 Å². The summed E-state index contributed by atoms with van der Waals surface area (Å²) in [7, 11) is 0. The molecule has 1 aliphatic rings. The molecule has 21 heavy (non-hydrogen) atoms. The maximum atomic E-state index is 12.9. The molecule has 2 heterocycles. The van der Waals surface area contributed by atoms with Crippen LogP contribution in [0.5, 0.6) is 0 Å². The molecular weight excluding hydrogens is 303 g/mol. The van der Waals surface area contributed by atoms with E-state index in [1.165, 1.54) is 6.07 Å². The predicted molar refractivity (Wildman–Crippen MR) is 77.3 cm³/mol. The van der Waals surface area contributed by atoms with Crippen LogP contribution < -0.4 is 10.6 Å². The minimum atomic E-state index is -4.51. The van der Waals surface area contributed by atoms with E-state index < -0.39 is 11.9 Å². The Morgan fingerprint density at radius 2 is 2.10 bits per heavy atom. The molecule has 2 atom stereocenters. The predicted octanol–water partition coefficient (Wildman–Crippen LogP) is 2.35. The second-order valence-electron chi connectivity index (χ2n) is 5.08. The summed E-state index contributed by atoms with van der Waals surface area (Å²) in [5.41, 5.74) is 5.00. The number of morpholine rings is 1. The lowest BCUT2D eigenvalue weighted by Crippen LogP contribution is -2.48. The smallest absolute Gasteiger partial charge is 0.389 e. The van der Waals surface area contributed by atoms with Crippen molar-refractivity contribution in [2.24, 2.45) is 5.73 Å². The van der Waals surface area contributed by atoms with E-state index in [1.807, 2.05) is 13.8 Å². The summed E-state index contributed by atoms with van der Waals surface area (Å²) in [4.78, 5) is 5.54. The summed E-state index contributed by atoms with van der Waals surface area (Å²) >= 11 is 4.92. The van der Waals surface area contributed by atoms with Gasteiger partial charge >= 0.3 is 6.18 Å². The third-order valence-electron chi connectivity index (χ3n) is 3.31. The molecule has 116 valence electrons. The van der Waals surface area contributed by atoms with Crippen molar-refractivity contribution in [2.45, 2.75) is 32.2 Å². The summed E-state index contributed by atoms with van der Waals surface area (Å²) < 4.78 is 44.1. The fraction of sp³-hybridized carbons (Fsp3) is 0.538. The first kappa shape index (κ1) is 16.0. The van der Waals surface area contributed by atoms with Gasteiger partial charge in [-0.1, -0.05) is 12.2 Å². The van der Waals surface area contributed by atoms with Gasteiger partial charge in [0.05, 0.1) is 24.3 Å². The zero-order valence-electron chi connectivity index (χ0n) is 11.6. The largest absolute Gasteiger partial charge is 0.433 e. The molecule has 0 radical (unpaired) electrons. The van der Waals surface area contributed by atoms with Gasteiger partial charge in [-0.05, 0) is 26.0 Å². The number of hydrogen-bond acceptors (Lipinski definition) is 4. The van der Waals surface area contributed by atoms with E-state index in [0.29, 0.717) is 18.7 Å². The molecule has 1 fully saturated rings. The summed E-state index contributed by atoms with van der Waals surface area (Å²) in [6.45, 7) is 4.56. The molecule has 4 nitrogen and oxygen atoms in total. The van der Waals surface area contributed by atoms with Crippen LogP contribution in [0.4, 0.5) is 19.0 Å². The van der Waals surface area contributed by atoms with Crippen molar-refractivity contribution in [3.8, 4) is 0 Å². The van der Waals surface area contributed by atoms with Crippen LogP contribution in [0, 0.1) is 0 Å². The Morgan fingerprint density at radius 3 is 2.67 bits per heavy atom. The van der Waals surface area contributed by atoms with Gasteiger partial charge in [-0.3, -0.25) is 0 Å². The van der Waals surface area contributed by atoms with E-state index in [4.69, 9.17) is 22.7 Å². The van der Waals surface area contributed by atoms with E-state index in [9.17, 15) is 13.2 Å².